The Bertz CT molecular complexity index is 531. The highest BCUT2D eigenvalue weighted by Gasteiger charge is 2.09. The van der Waals surface area contributed by atoms with Gasteiger partial charge >= 0.3 is 0 Å². The molecule has 3 N–H and O–H groups in total. The number of carbonyl (C=O) groups excluding carboxylic acids is 1. The van der Waals surface area contributed by atoms with Gasteiger partial charge in [-0.1, -0.05) is 12.1 Å². The smallest absolute Gasteiger partial charge is 0.253 e. The molecule has 0 atom stereocenters. The number of hydrogen-bond donors (Lipinski definition) is 3. The predicted octanol–water partition coefficient (Wildman–Crippen LogP) is 0.432. The van der Waals surface area contributed by atoms with Gasteiger partial charge in [0.25, 0.3) is 5.91 Å². The van der Waals surface area contributed by atoms with Gasteiger partial charge in [0.05, 0.1) is 31.7 Å². The van der Waals surface area contributed by atoms with Crippen molar-refractivity contribution in [3.8, 4) is 0 Å². The molecule has 0 spiro atoms. The third kappa shape index (κ3) is 2.90. The highest BCUT2D eigenvalue weighted by Crippen LogP contribution is 2.16. The van der Waals surface area contributed by atoms with Crippen molar-refractivity contribution in [2.75, 3.05) is 27.2 Å². The molecule has 0 aliphatic carbocycles. The van der Waals surface area contributed by atoms with Crippen LogP contribution in [0.4, 0.5) is 0 Å². The lowest BCUT2D eigenvalue weighted by Crippen LogP contribution is -3.05. The lowest BCUT2D eigenvalue weighted by molar-refractivity contribution is -0.858. The lowest BCUT2D eigenvalue weighted by Gasteiger charge is -2.08. The molecule has 0 radical (unpaired) electrons. The molecule has 0 unspecified atom stereocenters. The van der Waals surface area contributed by atoms with Gasteiger partial charge in [-0.3, -0.25) is 4.79 Å². The fourth-order valence-electron chi connectivity index (χ4n) is 2.01. The first-order valence-electron chi connectivity index (χ1n) is 6.32. The van der Waals surface area contributed by atoms with Crippen LogP contribution in [0.25, 0.3) is 10.9 Å². The fourth-order valence-corrected chi connectivity index (χ4v) is 2.01. The largest absolute Gasteiger partial charge is 0.361 e. The summed E-state index contributed by atoms with van der Waals surface area (Å²) in [5.74, 6) is -0.00296. The van der Waals surface area contributed by atoms with E-state index in [9.17, 15) is 4.79 Å². The fraction of sp³-hybridized carbons (Fsp3) is 0.357. The number of H-pyrrole nitrogens is 1. The summed E-state index contributed by atoms with van der Waals surface area (Å²) in [5, 5.41) is 4.03. The average molecular weight is 246 g/mol. The van der Waals surface area contributed by atoms with E-state index in [1.165, 1.54) is 4.90 Å². The predicted molar refractivity (Wildman–Crippen MR) is 72.9 cm³/mol. The van der Waals surface area contributed by atoms with Crippen molar-refractivity contribution >= 4 is 16.8 Å². The molecule has 0 saturated carbocycles. The molecule has 1 aromatic heterocycles. The molecule has 0 aliphatic heterocycles. The zero-order valence-electron chi connectivity index (χ0n) is 10.9. The molecule has 4 heteroatoms. The van der Waals surface area contributed by atoms with Crippen LogP contribution >= 0.6 is 0 Å². The summed E-state index contributed by atoms with van der Waals surface area (Å²) in [4.78, 5) is 16.6. The molecule has 2 rings (SSSR count). The van der Waals surface area contributed by atoms with Crippen LogP contribution in [0.3, 0.4) is 0 Å². The normalized spacial score (nSPS) is 11.1. The van der Waals surface area contributed by atoms with Crippen molar-refractivity contribution in [3.63, 3.8) is 0 Å². The van der Waals surface area contributed by atoms with Gasteiger partial charge in [0.1, 0.15) is 0 Å². The van der Waals surface area contributed by atoms with Gasteiger partial charge in [-0.05, 0) is 12.1 Å². The summed E-state index contributed by atoms with van der Waals surface area (Å²) < 4.78 is 0. The Balaban J connectivity index is 1.98. The number of nitrogens with one attached hydrogen (secondary N) is 3. The first-order chi connectivity index (χ1) is 8.68. The second-order valence-electron chi connectivity index (χ2n) is 4.81. The second kappa shape index (κ2) is 5.69. The number of aromatic nitrogens is 1. The van der Waals surface area contributed by atoms with Gasteiger partial charge in [0, 0.05) is 24.5 Å². The first kappa shape index (κ1) is 12.6. The van der Waals surface area contributed by atoms with Gasteiger partial charge < -0.3 is 15.2 Å². The molecule has 0 bridgehead atoms. The number of fused-ring (bicyclic) bond motifs is 1. The van der Waals surface area contributed by atoms with Crippen LogP contribution in [0, 0.1) is 0 Å². The van der Waals surface area contributed by atoms with E-state index in [1.807, 2.05) is 30.5 Å². The summed E-state index contributed by atoms with van der Waals surface area (Å²) in [6, 6.07) is 7.74. The molecule has 4 nitrogen and oxygen atoms in total. The van der Waals surface area contributed by atoms with E-state index < -0.39 is 0 Å². The van der Waals surface area contributed by atoms with Crippen LogP contribution in [-0.4, -0.2) is 38.1 Å². The molecule has 96 valence electrons. The van der Waals surface area contributed by atoms with Gasteiger partial charge in [-0.25, -0.2) is 0 Å². The monoisotopic (exact) mass is 246 g/mol. The molecule has 1 aromatic carbocycles. The standard InChI is InChI=1S/C14H19N3O/c1-17(2)10-4-8-16-14(18)12-6-3-5-11-7-9-15-13(11)12/h3,5-7,9,15H,4,8,10H2,1-2H3,(H,16,18)/p+1. The van der Waals surface area contributed by atoms with E-state index in [-0.39, 0.29) is 5.91 Å². The topological polar surface area (TPSA) is 49.3 Å². The first-order valence-corrected chi connectivity index (χ1v) is 6.32. The van der Waals surface area contributed by atoms with Crippen molar-refractivity contribution in [1.29, 1.82) is 0 Å². The van der Waals surface area contributed by atoms with Crippen molar-refractivity contribution in [2.45, 2.75) is 6.42 Å². The summed E-state index contributed by atoms with van der Waals surface area (Å²) in [5.41, 5.74) is 1.63. The maximum Gasteiger partial charge on any atom is 0.253 e. The SMILES string of the molecule is C[NH+](C)CCCNC(=O)c1cccc2cc[nH]c12. The Hall–Kier alpha value is -1.81. The summed E-state index contributed by atoms with van der Waals surface area (Å²) in [7, 11) is 4.23. The van der Waals surface area contributed by atoms with Crippen LogP contribution in [-0.2, 0) is 0 Å². The van der Waals surface area contributed by atoms with Crippen molar-refractivity contribution in [3.05, 3.63) is 36.0 Å². The minimum absolute atomic E-state index is 0.00296. The van der Waals surface area contributed by atoms with Crippen molar-refractivity contribution in [1.82, 2.24) is 10.3 Å². The molecule has 1 heterocycles. The number of carbonyl (C=O) groups is 1. The number of rotatable bonds is 5. The Morgan fingerprint density at radius 1 is 1.33 bits per heavy atom. The maximum atomic E-state index is 12.1. The third-order valence-corrected chi connectivity index (χ3v) is 2.97. The van der Waals surface area contributed by atoms with E-state index >= 15 is 0 Å². The van der Waals surface area contributed by atoms with E-state index in [4.69, 9.17) is 0 Å². The number of benzene rings is 1. The summed E-state index contributed by atoms with van der Waals surface area (Å²) >= 11 is 0. The number of para-hydroxylation sites is 1. The molecule has 2 aromatic rings. The molecule has 1 amide bonds. The molecular weight excluding hydrogens is 226 g/mol. The number of quaternary nitrogens is 1. The zero-order chi connectivity index (χ0) is 13.0. The Labute approximate surface area is 107 Å². The maximum absolute atomic E-state index is 12.1. The van der Waals surface area contributed by atoms with Gasteiger partial charge in [0.15, 0.2) is 0 Å². The molecule has 0 saturated heterocycles. The van der Waals surface area contributed by atoms with E-state index in [0.29, 0.717) is 0 Å². The summed E-state index contributed by atoms with van der Waals surface area (Å²) in [6.07, 6.45) is 2.85. The highest BCUT2D eigenvalue weighted by atomic mass is 16.1. The number of hydrogen-bond acceptors (Lipinski definition) is 1. The van der Waals surface area contributed by atoms with Crippen molar-refractivity contribution in [2.24, 2.45) is 0 Å². The third-order valence-electron chi connectivity index (χ3n) is 2.97. The van der Waals surface area contributed by atoms with Gasteiger partial charge in [-0.15, -0.1) is 0 Å². The Morgan fingerprint density at radius 2 is 2.17 bits per heavy atom. The van der Waals surface area contributed by atoms with E-state index in [0.717, 1.165) is 36.0 Å². The van der Waals surface area contributed by atoms with Crippen LogP contribution in [0.1, 0.15) is 16.8 Å². The number of aromatic amines is 1. The molecular formula is C14H20N3O+. The van der Waals surface area contributed by atoms with Gasteiger partial charge in [0.2, 0.25) is 0 Å². The minimum atomic E-state index is -0.00296. The minimum Gasteiger partial charge on any atom is -0.361 e. The van der Waals surface area contributed by atoms with Crippen molar-refractivity contribution < 1.29 is 9.69 Å². The zero-order valence-corrected chi connectivity index (χ0v) is 10.9. The van der Waals surface area contributed by atoms with Crippen LogP contribution in [0.2, 0.25) is 0 Å². The quantitative estimate of drug-likeness (QED) is 0.659. The second-order valence-corrected chi connectivity index (χ2v) is 4.81. The van der Waals surface area contributed by atoms with E-state index in [2.05, 4.69) is 24.4 Å². The Kier molecular flexibility index (Phi) is 3.99. The molecule has 0 aliphatic rings. The molecule has 0 fully saturated rings. The number of amides is 1. The van der Waals surface area contributed by atoms with Crippen LogP contribution in [0.5, 0.6) is 0 Å². The van der Waals surface area contributed by atoms with E-state index in [1.54, 1.807) is 0 Å². The highest BCUT2D eigenvalue weighted by molar-refractivity contribution is 6.05. The Morgan fingerprint density at radius 3 is 2.94 bits per heavy atom. The van der Waals surface area contributed by atoms with Crippen LogP contribution in [0.15, 0.2) is 30.5 Å². The lowest BCUT2D eigenvalue weighted by atomic mass is 10.1. The average Bonchev–Trinajstić information content (AvgIpc) is 2.82. The van der Waals surface area contributed by atoms with Gasteiger partial charge in [-0.2, -0.15) is 0 Å². The molecule has 18 heavy (non-hydrogen) atoms. The summed E-state index contributed by atoms with van der Waals surface area (Å²) in [6.45, 7) is 1.79. The van der Waals surface area contributed by atoms with Crippen LogP contribution < -0.4 is 10.2 Å².